The number of anilines is 1. The van der Waals surface area contributed by atoms with Crippen molar-refractivity contribution in [1.29, 1.82) is 0 Å². The summed E-state index contributed by atoms with van der Waals surface area (Å²) in [5.74, 6) is 0. The summed E-state index contributed by atoms with van der Waals surface area (Å²) in [6, 6.07) is 8.42. The molecule has 1 rings (SSSR count). The van der Waals surface area contributed by atoms with Crippen molar-refractivity contribution in [3.05, 3.63) is 30.3 Å². The van der Waals surface area contributed by atoms with Gasteiger partial charge in [0.05, 0.1) is 0 Å². The summed E-state index contributed by atoms with van der Waals surface area (Å²) in [6.45, 7) is -5.09. The third-order valence-corrected chi connectivity index (χ3v) is 0.981. The first-order valence-electron chi connectivity index (χ1n) is 5.16. The monoisotopic (exact) mass is 126 g/mol. The van der Waals surface area contributed by atoms with E-state index in [2.05, 4.69) is 5.32 Å². The van der Waals surface area contributed by atoms with Gasteiger partial charge in [0.25, 0.3) is 0 Å². The fourth-order valence-corrected chi connectivity index (χ4v) is 0.594. The van der Waals surface area contributed by atoms with Gasteiger partial charge in [0.2, 0.25) is 0 Å². The summed E-state index contributed by atoms with van der Waals surface area (Å²) in [4.78, 5) is 0. The molecule has 48 valence electrons. The second kappa shape index (κ2) is 3.13. The fraction of sp³-hybridized carbons (Fsp3) is 0.250. The lowest BCUT2D eigenvalue weighted by Gasteiger charge is -1.99. The molecule has 1 aromatic carbocycles. The predicted molar refractivity (Wildman–Crippen MR) is 40.6 cm³/mol. The maximum atomic E-state index is 7.31. The van der Waals surface area contributed by atoms with E-state index in [1.807, 2.05) is 0 Å². The number of rotatable bonds is 2. The highest BCUT2D eigenvalue weighted by molar-refractivity contribution is 5.41. The van der Waals surface area contributed by atoms with Crippen molar-refractivity contribution in [2.24, 2.45) is 0 Å². The van der Waals surface area contributed by atoms with Gasteiger partial charge in [-0.15, -0.1) is 0 Å². The lowest BCUT2D eigenvalue weighted by molar-refractivity contribution is 1.21. The Morgan fingerprint density at radius 3 is 3.00 bits per heavy atom. The van der Waals surface area contributed by atoms with Crippen LogP contribution in [0.1, 0.15) is 13.7 Å². The Kier molecular flexibility index (Phi) is 0.810. The van der Waals surface area contributed by atoms with E-state index in [4.69, 9.17) is 6.85 Å². The molecule has 0 aliphatic heterocycles. The number of para-hydroxylation sites is 1. The van der Waals surface area contributed by atoms with Gasteiger partial charge in [-0.05, 0) is 19.0 Å². The van der Waals surface area contributed by atoms with Crippen molar-refractivity contribution < 1.29 is 6.85 Å². The fourth-order valence-electron chi connectivity index (χ4n) is 0.594. The average molecular weight is 126 g/mol. The Balaban J connectivity index is 2.79. The molecule has 1 N–H and O–H groups in total. The van der Waals surface area contributed by atoms with E-state index < -0.39 is 13.3 Å². The van der Waals surface area contributed by atoms with Crippen molar-refractivity contribution >= 4 is 5.69 Å². The Morgan fingerprint density at radius 1 is 1.56 bits per heavy atom. The van der Waals surface area contributed by atoms with E-state index in [0.29, 0.717) is 5.69 Å². The molecule has 0 saturated carbocycles. The minimum absolute atomic E-state index is 0.452. The third-order valence-electron chi connectivity index (χ3n) is 0.981. The molecule has 0 bridgehead atoms. The van der Waals surface area contributed by atoms with Crippen LogP contribution in [0.15, 0.2) is 30.3 Å². The molecule has 0 aliphatic carbocycles. The molecule has 0 saturated heterocycles. The van der Waals surface area contributed by atoms with Crippen LogP contribution < -0.4 is 5.32 Å². The zero-order valence-corrected chi connectivity index (χ0v) is 4.89. The van der Waals surface area contributed by atoms with E-state index in [1.165, 1.54) is 0 Å². The lowest BCUT2D eigenvalue weighted by atomic mass is 10.3. The average Bonchev–Trinajstić information content (AvgIpc) is 2.03. The van der Waals surface area contributed by atoms with Crippen LogP contribution in [0.3, 0.4) is 0 Å². The van der Waals surface area contributed by atoms with Gasteiger partial charge in [-0.2, -0.15) is 0 Å². The number of nitrogens with one attached hydrogen (secondary N) is 1. The SMILES string of the molecule is [2H]C([2H])([2H])C([2H])([2H])Nc1ccccc1. The molecule has 0 unspecified atom stereocenters. The van der Waals surface area contributed by atoms with E-state index in [0.717, 1.165) is 0 Å². The Bertz CT molecular complexity index is 292. The van der Waals surface area contributed by atoms with E-state index in [9.17, 15) is 0 Å². The van der Waals surface area contributed by atoms with Gasteiger partial charge in [-0.3, -0.25) is 0 Å². The van der Waals surface area contributed by atoms with Gasteiger partial charge in [0, 0.05) is 19.0 Å². The van der Waals surface area contributed by atoms with E-state index in [1.54, 1.807) is 30.3 Å². The molecule has 1 nitrogen and oxygen atoms in total. The molecular formula is C8H11N. The molecule has 0 aliphatic rings. The van der Waals surface area contributed by atoms with Crippen LogP contribution in [0.2, 0.25) is 0 Å². The second-order valence-electron chi connectivity index (χ2n) is 1.62. The van der Waals surface area contributed by atoms with Gasteiger partial charge in [0.15, 0.2) is 0 Å². The molecule has 1 aromatic rings. The summed E-state index contributed by atoms with van der Waals surface area (Å²) < 4.78 is 35.6. The largest absolute Gasteiger partial charge is 0.385 e. The van der Waals surface area contributed by atoms with Gasteiger partial charge in [-0.25, -0.2) is 0 Å². The first-order valence-corrected chi connectivity index (χ1v) is 2.66. The molecule has 0 aromatic heterocycles. The number of benzene rings is 1. The van der Waals surface area contributed by atoms with Gasteiger partial charge in [0.1, 0.15) is 0 Å². The molecule has 0 fully saturated rings. The van der Waals surface area contributed by atoms with Crippen molar-refractivity contribution in [3.63, 3.8) is 0 Å². The minimum atomic E-state index is -2.68. The predicted octanol–water partition coefficient (Wildman–Crippen LogP) is 2.12. The third kappa shape index (κ3) is 1.76. The van der Waals surface area contributed by atoms with Crippen molar-refractivity contribution in [2.45, 2.75) is 6.85 Å². The first-order chi connectivity index (χ1) is 6.33. The standard InChI is InChI=1S/C8H11N/c1-2-9-8-6-4-3-5-7-8/h3-7,9H,2H2,1H3/i1D3,2D2. The smallest absolute Gasteiger partial charge is 0.0487 e. The molecule has 0 atom stereocenters. The highest BCUT2D eigenvalue weighted by atomic mass is 14.8. The summed E-state index contributed by atoms with van der Waals surface area (Å²) in [5, 5.41) is 2.33. The Morgan fingerprint density at radius 2 is 2.33 bits per heavy atom. The normalized spacial score (nSPS) is 20.2. The van der Waals surface area contributed by atoms with Gasteiger partial charge in [-0.1, -0.05) is 18.2 Å². The topological polar surface area (TPSA) is 12.0 Å². The lowest BCUT2D eigenvalue weighted by Crippen LogP contribution is -1.94. The Labute approximate surface area is 62.7 Å². The summed E-state index contributed by atoms with van der Waals surface area (Å²) in [5.41, 5.74) is 0.452. The highest BCUT2D eigenvalue weighted by Gasteiger charge is 1.81. The van der Waals surface area contributed by atoms with Crippen LogP contribution in [0.25, 0.3) is 0 Å². The van der Waals surface area contributed by atoms with Crippen LogP contribution >= 0.6 is 0 Å². The van der Waals surface area contributed by atoms with Crippen molar-refractivity contribution in [3.8, 4) is 0 Å². The molecule has 1 heteroatoms. The maximum Gasteiger partial charge on any atom is 0.0487 e. The van der Waals surface area contributed by atoms with Gasteiger partial charge < -0.3 is 5.32 Å². The molecule has 0 heterocycles. The van der Waals surface area contributed by atoms with E-state index >= 15 is 0 Å². The Hall–Kier alpha value is -0.980. The van der Waals surface area contributed by atoms with Crippen LogP contribution in [-0.2, 0) is 0 Å². The molecule has 0 amide bonds. The van der Waals surface area contributed by atoms with Crippen LogP contribution in [-0.4, -0.2) is 6.50 Å². The quantitative estimate of drug-likeness (QED) is 0.640. The first kappa shape index (κ1) is 2.33. The maximum absolute atomic E-state index is 7.31. The summed E-state index contributed by atoms with van der Waals surface area (Å²) in [6.07, 6.45) is 0. The summed E-state index contributed by atoms with van der Waals surface area (Å²) >= 11 is 0. The minimum Gasteiger partial charge on any atom is -0.385 e. The molecule has 0 radical (unpaired) electrons. The second-order valence-corrected chi connectivity index (χ2v) is 1.62. The van der Waals surface area contributed by atoms with Crippen LogP contribution in [0.4, 0.5) is 5.69 Å². The zero-order valence-electron chi connectivity index (χ0n) is 9.89. The molecular weight excluding hydrogens is 110 g/mol. The van der Waals surface area contributed by atoms with Gasteiger partial charge >= 0.3 is 0 Å². The highest BCUT2D eigenvalue weighted by Crippen LogP contribution is 2.02. The zero-order chi connectivity index (χ0) is 10.8. The molecule has 0 spiro atoms. The number of hydrogen-bond acceptors (Lipinski definition) is 1. The van der Waals surface area contributed by atoms with Crippen molar-refractivity contribution in [2.75, 3.05) is 11.8 Å². The van der Waals surface area contributed by atoms with Crippen LogP contribution in [0, 0.1) is 0 Å². The van der Waals surface area contributed by atoms with E-state index in [-0.39, 0.29) is 0 Å². The van der Waals surface area contributed by atoms with Crippen molar-refractivity contribution in [1.82, 2.24) is 0 Å². The molecule has 9 heavy (non-hydrogen) atoms. The number of hydrogen-bond donors (Lipinski definition) is 1. The summed E-state index contributed by atoms with van der Waals surface area (Å²) in [7, 11) is 0. The van der Waals surface area contributed by atoms with Crippen LogP contribution in [0.5, 0.6) is 0 Å².